The van der Waals surface area contributed by atoms with Crippen LogP contribution in [0.15, 0.2) is 4.99 Å². The highest BCUT2D eigenvalue weighted by molar-refractivity contribution is 5.86. The maximum atomic E-state index is 12.7. The van der Waals surface area contributed by atoms with Gasteiger partial charge in [0.25, 0.3) is 0 Å². The topological polar surface area (TPSA) is 53.5 Å². The summed E-state index contributed by atoms with van der Waals surface area (Å²) in [7, 11) is 0. The summed E-state index contributed by atoms with van der Waals surface area (Å²) in [6.07, 6.45) is 39.4. The lowest BCUT2D eigenvalue weighted by Crippen LogP contribution is -2.58. The second-order valence-electron chi connectivity index (χ2n) is 13.2. The van der Waals surface area contributed by atoms with Crippen LogP contribution in [0, 0.1) is 0 Å². The Balaban J connectivity index is 1.95. The van der Waals surface area contributed by atoms with Crippen LogP contribution in [0.25, 0.3) is 0 Å². The van der Waals surface area contributed by atoms with E-state index in [9.17, 15) is 4.79 Å². The molecule has 0 spiro atoms. The van der Waals surface area contributed by atoms with Crippen LogP contribution >= 0.6 is 0 Å². The molecular formula is C37H73N3O. The zero-order valence-electron chi connectivity index (χ0n) is 28.3. The molecule has 1 aliphatic heterocycles. The molecule has 41 heavy (non-hydrogen) atoms. The summed E-state index contributed by atoms with van der Waals surface area (Å²) in [5, 5.41) is 6.90. The molecule has 0 aromatic heterocycles. The fraction of sp³-hybridized carbons (Fsp3) is 0.946. The van der Waals surface area contributed by atoms with Crippen molar-refractivity contribution in [3.8, 4) is 0 Å². The Bertz CT molecular complexity index is 619. The Morgan fingerprint density at radius 1 is 0.585 bits per heavy atom. The number of amidine groups is 1. The SMILES string of the molecule is CCCCCCCCCCCCCCCCC1=NCC(CC)(NC(=O)CCCCCCCCCCCCCCC)N1. The number of hydrogen-bond acceptors (Lipinski definition) is 3. The predicted octanol–water partition coefficient (Wildman–Crippen LogP) is 11.6. The van der Waals surface area contributed by atoms with Gasteiger partial charge in [0, 0.05) is 12.8 Å². The summed E-state index contributed by atoms with van der Waals surface area (Å²) in [4.78, 5) is 17.4. The normalized spacial score (nSPS) is 16.6. The standard InChI is InChI=1S/C37H73N3O/c1-4-7-9-11-13-15-17-19-21-22-24-26-28-30-32-35-38-34-37(6-3,39-35)40-36(41)33-31-29-27-25-23-20-18-16-14-12-10-8-5-2/h4-34H2,1-3H3,(H,38,39)(H,40,41). The van der Waals surface area contributed by atoms with Gasteiger partial charge in [0.05, 0.1) is 12.4 Å². The summed E-state index contributed by atoms with van der Waals surface area (Å²) >= 11 is 0. The van der Waals surface area contributed by atoms with E-state index >= 15 is 0 Å². The van der Waals surface area contributed by atoms with E-state index in [0.717, 1.165) is 25.1 Å². The Hall–Kier alpha value is -1.06. The molecule has 0 aliphatic carbocycles. The summed E-state index contributed by atoms with van der Waals surface area (Å²) in [6.45, 7) is 7.42. The molecule has 2 N–H and O–H groups in total. The molecule has 0 saturated carbocycles. The molecule has 1 atom stereocenters. The van der Waals surface area contributed by atoms with Gasteiger partial charge in [0.15, 0.2) is 0 Å². The van der Waals surface area contributed by atoms with Gasteiger partial charge in [0.2, 0.25) is 5.91 Å². The second kappa shape index (κ2) is 27.8. The van der Waals surface area contributed by atoms with Crippen LogP contribution in [0.3, 0.4) is 0 Å². The van der Waals surface area contributed by atoms with Gasteiger partial charge in [-0.15, -0.1) is 0 Å². The first-order chi connectivity index (χ1) is 20.2. The number of unbranched alkanes of at least 4 members (excludes halogenated alkanes) is 25. The number of amides is 1. The first-order valence-electron chi connectivity index (χ1n) is 18.8. The molecule has 0 radical (unpaired) electrons. The van der Waals surface area contributed by atoms with E-state index in [2.05, 4.69) is 31.4 Å². The van der Waals surface area contributed by atoms with Crippen LogP contribution in [0.2, 0.25) is 0 Å². The lowest BCUT2D eigenvalue weighted by molar-refractivity contribution is -0.123. The number of rotatable bonds is 31. The molecule has 4 heteroatoms. The van der Waals surface area contributed by atoms with Crippen molar-refractivity contribution in [2.24, 2.45) is 4.99 Å². The number of carbonyl (C=O) groups is 1. The lowest BCUT2D eigenvalue weighted by Gasteiger charge is -2.30. The molecular weight excluding hydrogens is 502 g/mol. The third-order valence-corrected chi connectivity index (χ3v) is 9.18. The van der Waals surface area contributed by atoms with E-state index in [1.165, 1.54) is 167 Å². The number of hydrogen-bond donors (Lipinski definition) is 2. The smallest absolute Gasteiger partial charge is 0.221 e. The Morgan fingerprint density at radius 2 is 0.951 bits per heavy atom. The highest BCUT2D eigenvalue weighted by Gasteiger charge is 2.34. The summed E-state index contributed by atoms with van der Waals surface area (Å²) in [6, 6.07) is 0. The Morgan fingerprint density at radius 3 is 1.34 bits per heavy atom. The van der Waals surface area contributed by atoms with Gasteiger partial charge in [-0.2, -0.15) is 0 Å². The van der Waals surface area contributed by atoms with Crippen molar-refractivity contribution in [3.63, 3.8) is 0 Å². The molecule has 1 rings (SSSR count). The van der Waals surface area contributed by atoms with Gasteiger partial charge >= 0.3 is 0 Å². The first-order valence-corrected chi connectivity index (χ1v) is 18.8. The zero-order valence-corrected chi connectivity index (χ0v) is 28.3. The van der Waals surface area contributed by atoms with Crippen LogP contribution < -0.4 is 10.6 Å². The van der Waals surface area contributed by atoms with Crippen LogP contribution in [-0.2, 0) is 4.79 Å². The highest BCUT2D eigenvalue weighted by Crippen LogP contribution is 2.18. The predicted molar refractivity (Wildman–Crippen MR) is 182 cm³/mol. The van der Waals surface area contributed by atoms with Gasteiger partial charge < -0.3 is 10.6 Å². The minimum Gasteiger partial charge on any atom is -0.350 e. The number of nitrogens with one attached hydrogen (secondary N) is 2. The molecule has 1 aliphatic rings. The summed E-state index contributed by atoms with van der Waals surface area (Å²) < 4.78 is 0. The minimum atomic E-state index is -0.348. The average molecular weight is 576 g/mol. The molecule has 0 aromatic carbocycles. The lowest BCUT2D eigenvalue weighted by atomic mass is 10.0. The highest BCUT2D eigenvalue weighted by atomic mass is 16.1. The number of aliphatic imine (C=N–C) groups is 1. The van der Waals surface area contributed by atoms with E-state index in [1.54, 1.807) is 0 Å². The molecule has 1 amide bonds. The maximum absolute atomic E-state index is 12.7. The third-order valence-electron chi connectivity index (χ3n) is 9.18. The Labute approximate surface area is 257 Å². The summed E-state index contributed by atoms with van der Waals surface area (Å²) in [5.41, 5.74) is -0.348. The fourth-order valence-electron chi connectivity index (χ4n) is 6.21. The van der Waals surface area contributed by atoms with E-state index in [-0.39, 0.29) is 11.6 Å². The monoisotopic (exact) mass is 576 g/mol. The summed E-state index contributed by atoms with van der Waals surface area (Å²) in [5.74, 6) is 1.29. The molecule has 1 unspecified atom stereocenters. The quantitative estimate of drug-likeness (QED) is 0.0808. The van der Waals surface area contributed by atoms with E-state index < -0.39 is 0 Å². The molecule has 0 fully saturated rings. The van der Waals surface area contributed by atoms with Crippen molar-refractivity contribution in [3.05, 3.63) is 0 Å². The molecule has 0 bridgehead atoms. The van der Waals surface area contributed by atoms with Crippen molar-refractivity contribution >= 4 is 11.7 Å². The number of carbonyl (C=O) groups excluding carboxylic acids is 1. The van der Waals surface area contributed by atoms with Gasteiger partial charge in [-0.3, -0.25) is 9.79 Å². The third kappa shape index (κ3) is 22.2. The van der Waals surface area contributed by atoms with Crippen LogP contribution in [0.4, 0.5) is 0 Å². The zero-order chi connectivity index (χ0) is 29.7. The average Bonchev–Trinajstić information content (AvgIpc) is 3.38. The van der Waals surface area contributed by atoms with Gasteiger partial charge in [0.1, 0.15) is 5.66 Å². The van der Waals surface area contributed by atoms with E-state index in [1.807, 2.05) is 0 Å². The molecule has 1 heterocycles. The first kappa shape index (κ1) is 38.0. The largest absolute Gasteiger partial charge is 0.350 e. The van der Waals surface area contributed by atoms with Gasteiger partial charge in [-0.05, 0) is 19.3 Å². The molecule has 4 nitrogen and oxygen atoms in total. The van der Waals surface area contributed by atoms with Crippen molar-refractivity contribution in [1.82, 2.24) is 10.6 Å². The van der Waals surface area contributed by atoms with Crippen molar-refractivity contribution in [1.29, 1.82) is 0 Å². The van der Waals surface area contributed by atoms with Gasteiger partial charge in [-0.25, -0.2) is 0 Å². The van der Waals surface area contributed by atoms with E-state index in [4.69, 9.17) is 4.99 Å². The fourth-order valence-corrected chi connectivity index (χ4v) is 6.21. The molecule has 242 valence electrons. The second-order valence-corrected chi connectivity index (χ2v) is 13.2. The van der Waals surface area contributed by atoms with Crippen LogP contribution in [0.1, 0.15) is 213 Å². The molecule has 0 aromatic rings. The number of nitrogens with zero attached hydrogens (tertiary/aromatic N) is 1. The van der Waals surface area contributed by atoms with Crippen LogP contribution in [0.5, 0.6) is 0 Å². The van der Waals surface area contributed by atoms with Crippen molar-refractivity contribution in [2.45, 2.75) is 219 Å². The van der Waals surface area contributed by atoms with Gasteiger partial charge in [-0.1, -0.05) is 181 Å². The van der Waals surface area contributed by atoms with Crippen molar-refractivity contribution < 1.29 is 4.79 Å². The minimum absolute atomic E-state index is 0.190. The Kier molecular flexibility index (Phi) is 25.7. The van der Waals surface area contributed by atoms with Crippen molar-refractivity contribution in [2.75, 3.05) is 6.54 Å². The van der Waals surface area contributed by atoms with Crippen LogP contribution in [-0.4, -0.2) is 24.0 Å². The van der Waals surface area contributed by atoms with E-state index in [0.29, 0.717) is 13.0 Å². The molecule has 0 saturated heterocycles. The maximum Gasteiger partial charge on any atom is 0.221 e.